The van der Waals surface area contributed by atoms with E-state index < -0.39 is 6.04 Å². The quantitative estimate of drug-likeness (QED) is 0.906. The van der Waals surface area contributed by atoms with Crippen LogP contribution in [-0.2, 0) is 0 Å². The average Bonchev–Trinajstić information content (AvgIpc) is 3.34. The van der Waals surface area contributed by atoms with Gasteiger partial charge in [0, 0.05) is 13.1 Å². The minimum Gasteiger partial charge on any atom is -0.472 e. The Morgan fingerprint density at radius 2 is 2.00 bits per heavy atom. The third kappa shape index (κ3) is 3.49. The normalized spacial score (nSPS) is 18.1. The summed E-state index contributed by atoms with van der Waals surface area (Å²) in [5, 5.41) is 12.0. The minimum absolute atomic E-state index is 0.0674. The van der Waals surface area contributed by atoms with Crippen LogP contribution in [0.25, 0.3) is 0 Å². The van der Waals surface area contributed by atoms with Gasteiger partial charge in [-0.2, -0.15) is 5.26 Å². The van der Waals surface area contributed by atoms with Crippen LogP contribution in [0.2, 0.25) is 0 Å². The Morgan fingerprint density at radius 3 is 2.62 bits per heavy atom. The molecule has 1 N–H and O–H groups in total. The lowest BCUT2D eigenvalue weighted by molar-refractivity contribution is 0.0783. The zero-order chi connectivity index (χ0) is 16.9. The maximum absolute atomic E-state index is 12.3. The van der Waals surface area contributed by atoms with E-state index in [0.29, 0.717) is 30.6 Å². The van der Waals surface area contributed by atoms with Crippen LogP contribution in [0, 0.1) is 17.2 Å². The predicted octanol–water partition coefficient (Wildman–Crippen LogP) is 2.05. The third-order valence-corrected chi connectivity index (χ3v) is 4.15. The Kier molecular flexibility index (Phi) is 4.66. The number of hydrogen-bond donors (Lipinski definition) is 1. The number of nitrogens with one attached hydrogen (secondary N) is 1. The molecule has 2 aromatic rings. The van der Waals surface area contributed by atoms with Gasteiger partial charge < -0.3 is 19.1 Å². The fourth-order valence-corrected chi connectivity index (χ4v) is 2.89. The Bertz CT molecular complexity index is 730. The summed E-state index contributed by atoms with van der Waals surface area (Å²) in [6, 6.07) is 4.70. The summed E-state index contributed by atoms with van der Waals surface area (Å²) < 4.78 is 9.80. The number of hydrogen-bond acceptors (Lipinski definition) is 5. The van der Waals surface area contributed by atoms with Gasteiger partial charge >= 0.3 is 0 Å². The number of furan rings is 2. The summed E-state index contributed by atoms with van der Waals surface area (Å²) in [4.78, 5) is 26.0. The van der Waals surface area contributed by atoms with Crippen molar-refractivity contribution in [2.45, 2.75) is 18.9 Å². The monoisotopic (exact) mass is 327 g/mol. The molecule has 24 heavy (non-hydrogen) atoms. The zero-order valence-electron chi connectivity index (χ0n) is 13.0. The van der Waals surface area contributed by atoms with Crippen molar-refractivity contribution in [3.05, 3.63) is 48.3 Å². The van der Waals surface area contributed by atoms with Gasteiger partial charge in [0.25, 0.3) is 11.8 Å². The average molecular weight is 327 g/mol. The summed E-state index contributed by atoms with van der Waals surface area (Å²) >= 11 is 0. The van der Waals surface area contributed by atoms with Crippen LogP contribution in [-0.4, -0.2) is 35.8 Å². The summed E-state index contributed by atoms with van der Waals surface area (Å²) in [5.74, 6) is -0.225. The first kappa shape index (κ1) is 15.9. The fraction of sp³-hybridized carbons (Fsp3) is 0.353. The highest BCUT2D eigenvalue weighted by atomic mass is 16.3. The first-order chi connectivity index (χ1) is 11.7. The highest BCUT2D eigenvalue weighted by Gasteiger charge is 2.29. The maximum Gasteiger partial charge on any atom is 0.257 e. The highest BCUT2D eigenvalue weighted by molar-refractivity contribution is 5.94. The number of likely N-dealkylation sites (tertiary alicyclic amines) is 1. The molecular weight excluding hydrogens is 310 g/mol. The van der Waals surface area contributed by atoms with Gasteiger partial charge in [-0.1, -0.05) is 0 Å². The number of nitriles is 1. The molecule has 1 aliphatic heterocycles. The van der Waals surface area contributed by atoms with Crippen LogP contribution in [0.5, 0.6) is 0 Å². The van der Waals surface area contributed by atoms with Crippen LogP contribution in [0.3, 0.4) is 0 Å². The van der Waals surface area contributed by atoms with Gasteiger partial charge in [-0.05, 0) is 30.9 Å². The van der Waals surface area contributed by atoms with Crippen molar-refractivity contribution in [3.63, 3.8) is 0 Å². The SMILES string of the molecule is N#CC(CC1CCN(C(=O)c2ccoc2)C1)NC(=O)c1ccoc1. The van der Waals surface area contributed by atoms with Gasteiger partial charge in [0.05, 0.1) is 29.7 Å². The Labute approximate surface area is 138 Å². The lowest BCUT2D eigenvalue weighted by atomic mass is 9.99. The molecule has 2 atom stereocenters. The van der Waals surface area contributed by atoms with Crippen LogP contribution in [0.15, 0.2) is 46.0 Å². The number of carbonyl (C=O) groups excluding carboxylic acids is 2. The molecule has 0 radical (unpaired) electrons. The highest BCUT2D eigenvalue weighted by Crippen LogP contribution is 2.23. The third-order valence-electron chi connectivity index (χ3n) is 4.15. The molecule has 3 heterocycles. The van der Waals surface area contributed by atoms with E-state index in [0.717, 1.165) is 6.42 Å². The molecule has 0 saturated carbocycles. The summed E-state index contributed by atoms with van der Waals surface area (Å²) in [7, 11) is 0. The molecule has 7 heteroatoms. The molecule has 0 spiro atoms. The predicted molar refractivity (Wildman–Crippen MR) is 82.9 cm³/mol. The first-order valence-electron chi connectivity index (χ1n) is 7.71. The standard InChI is InChI=1S/C17H17N3O4/c18-8-15(19-16(21)13-2-5-23-10-13)7-12-1-4-20(9-12)17(22)14-3-6-24-11-14/h2-3,5-6,10-12,15H,1,4,7,9H2,(H,19,21). The van der Waals surface area contributed by atoms with Gasteiger partial charge in [-0.25, -0.2) is 0 Å². The van der Waals surface area contributed by atoms with E-state index >= 15 is 0 Å². The van der Waals surface area contributed by atoms with E-state index in [4.69, 9.17) is 8.83 Å². The van der Waals surface area contributed by atoms with Crippen LogP contribution >= 0.6 is 0 Å². The molecule has 0 aliphatic carbocycles. The number of carbonyl (C=O) groups is 2. The molecular formula is C17H17N3O4. The molecule has 3 rings (SSSR count). The van der Waals surface area contributed by atoms with Crippen LogP contribution < -0.4 is 5.32 Å². The second-order valence-electron chi connectivity index (χ2n) is 5.82. The zero-order valence-corrected chi connectivity index (χ0v) is 13.0. The van der Waals surface area contributed by atoms with E-state index in [1.807, 2.05) is 0 Å². The van der Waals surface area contributed by atoms with Crippen molar-refractivity contribution in [2.75, 3.05) is 13.1 Å². The van der Waals surface area contributed by atoms with E-state index in [1.165, 1.54) is 25.1 Å². The van der Waals surface area contributed by atoms with Crippen molar-refractivity contribution in [1.82, 2.24) is 10.2 Å². The van der Waals surface area contributed by atoms with Crippen LogP contribution in [0.4, 0.5) is 0 Å². The summed E-state index contributed by atoms with van der Waals surface area (Å²) in [6.45, 7) is 1.21. The largest absolute Gasteiger partial charge is 0.472 e. The van der Waals surface area contributed by atoms with Crippen molar-refractivity contribution in [1.29, 1.82) is 5.26 Å². The molecule has 7 nitrogen and oxygen atoms in total. The molecule has 2 aromatic heterocycles. The Hall–Kier alpha value is -3.01. The summed E-state index contributed by atoms with van der Waals surface area (Å²) in [6.07, 6.45) is 6.96. The minimum atomic E-state index is -0.596. The van der Waals surface area contributed by atoms with Gasteiger partial charge in [0.1, 0.15) is 18.6 Å². The smallest absolute Gasteiger partial charge is 0.257 e. The maximum atomic E-state index is 12.3. The van der Waals surface area contributed by atoms with Crippen molar-refractivity contribution in [2.24, 2.45) is 5.92 Å². The lowest BCUT2D eigenvalue weighted by Crippen LogP contribution is -2.36. The first-order valence-corrected chi connectivity index (χ1v) is 7.71. The Balaban J connectivity index is 1.53. The number of amides is 2. The topological polar surface area (TPSA) is 99.5 Å². The second-order valence-corrected chi connectivity index (χ2v) is 5.82. The molecule has 0 bridgehead atoms. The van der Waals surface area contributed by atoms with Crippen molar-refractivity contribution in [3.8, 4) is 6.07 Å². The second kappa shape index (κ2) is 7.04. The number of nitrogens with zero attached hydrogens (tertiary/aromatic N) is 2. The van der Waals surface area contributed by atoms with E-state index in [2.05, 4.69) is 11.4 Å². The molecule has 2 unspecified atom stereocenters. The molecule has 0 aromatic carbocycles. The Morgan fingerprint density at radius 1 is 1.29 bits per heavy atom. The van der Waals surface area contributed by atoms with E-state index in [1.54, 1.807) is 17.0 Å². The van der Waals surface area contributed by atoms with Gasteiger partial charge in [-0.3, -0.25) is 9.59 Å². The van der Waals surface area contributed by atoms with E-state index in [9.17, 15) is 14.9 Å². The molecule has 1 saturated heterocycles. The molecule has 124 valence electrons. The number of rotatable bonds is 5. The van der Waals surface area contributed by atoms with E-state index in [-0.39, 0.29) is 17.7 Å². The molecule has 1 fully saturated rings. The van der Waals surface area contributed by atoms with Gasteiger partial charge in [0.15, 0.2) is 0 Å². The lowest BCUT2D eigenvalue weighted by Gasteiger charge is -2.17. The molecule has 1 aliphatic rings. The fourth-order valence-electron chi connectivity index (χ4n) is 2.89. The van der Waals surface area contributed by atoms with Crippen molar-refractivity contribution < 1.29 is 18.4 Å². The summed E-state index contributed by atoms with van der Waals surface area (Å²) in [5.41, 5.74) is 0.916. The van der Waals surface area contributed by atoms with Gasteiger partial charge in [-0.15, -0.1) is 0 Å². The van der Waals surface area contributed by atoms with Crippen molar-refractivity contribution >= 4 is 11.8 Å². The molecule has 2 amide bonds. The van der Waals surface area contributed by atoms with Crippen LogP contribution in [0.1, 0.15) is 33.6 Å². The van der Waals surface area contributed by atoms with Gasteiger partial charge in [0.2, 0.25) is 0 Å².